The van der Waals surface area contributed by atoms with Gasteiger partial charge < -0.3 is 10.5 Å². The zero-order valence-electron chi connectivity index (χ0n) is 7.26. The maximum atomic E-state index is 12.7. The van der Waals surface area contributed by atoms with E-state index in [-0.39, 0.29) is 5.75 Å². The highest BCUT2D eigenvalue weighted by Gasteiger charge is 2.06. The molecule has 0 unspecified atom stereocenters. The summed E-state index contributed by atoms with van der Waals surface area (Å²) in [6.45, 7) is 0.917. The molecule has 0 aliphatic carbocycles. The van der Waals surface area contributed by atoms with Gasteiger partial charge in [0.1, 0.15) is 24.3 Å². The van der Waals surface area contributed by atoms with Crippen molar-refractivity contribution in [1.29, 1.82) is 0 Å². The van der Waals surface area contributed by atoms with Crippen LogP contribution in [0.3, 0.4) is 0 Å². The molecule has 0 bridgehead atoms. The first-order chi connectivity index (χ1) is 6.13. The summed E-state index contributed by atoms with van der Waals surface area (Å²) in [7, 11) is 0. The minimum atomic E-state index is -0.629. The first-order valence-electron chi connectivity index (χ1n) is 3.91. The SMILES string of the molecule is C[C@@H](CF)Oc1cc(F)ccc1N. The smallest absolute Gasteiger partial charge is 0.145 e. The molecule has 1 aromatic carbocycles. The molecule has 13 heavy (non-hydrogen) atoms. The molecule has 0 spiro atoms. The van der Waals surface area contributed by atoms with Gasteiger partial charge in [-0.1, -0.05) is 0 Å². The summed E-state index contributed by atoms with van der Waals surface area (Å²) >= 11 is 0. The lowest BCUT2D eigenvalue weighted by Crippen LogP contribution is -2.14. The zero-order valence-corrected chi connectivity index (χ0v) is 7.26. The van der Waals surface area contributed by atoms with E-state index in [2.05, 4.69) is 0 Å². The fourth-order valence-corrected chi connectivity index (χ4v) is 0.859. The highest BCUT2D eigenvalue weighted by molar-refractivity contribution is 5.52. The molecule has 0 fully saturated rings. The van der Waals surface area contributed by atoms with Crippen molar-refractivity contribution in [3.63, 3.8) is 0 Å². The Bertz CT molecular complexity index is 291. The zero-order chi connectivity index (χ0) is 9.84. The summed E-state index contributed by atoms with van der Waals surface area (Å²) in [5, 5.41) is 0. The third kappa shape index (κ3) is 2.57. The average molecular weight is 187 g/mol. The second-order valence-corrected chi connectivity index (χ2v) is 2.76. The third-order valence-electron chi connectivity index (χ3n) is 1.52. The van der Waals surface area contributed by atoms with Crippen molar-refractivity contribution in [3.8, 4) is 5.75 Å². The van der Waals surface area contributed by atoms with Gasteiger partial charge >= 0.3 is 0 Å². The molecule has 0 aliphatic rings. The largest absolute Gasteiger partial charge is 0.486 e. The molecule has 1 aromatic rings. The van der Waals surface area contributed by atoms with Crippen LogP contribution in [0.15, 0.2) is 18.2 Å². The lowest BCUT2D eigenvalue weighted by Gasteiger charge is -2.12. The Morgan fingerprint density at radius 3 is 2.85 bits per heavy atom. The fraction of sp³-hybridized carbons (Fsp3) is 0.333. The van der Waals surface area contributed by atoms with E-state index >= 15 is 0 Å². The summed E-state index contributed by atoms with van der Waals surface area (Å²) < 4.78 is 29.8. The Morgan fingerprint density at radius 1 is 1.54 bits per heavy atom. The predicted molar refractivity (Wildman–Crippen MR) is 46.9 cm³/mol. The van der Waals surface area contributed by atoms with Crippen molar-refractivity contribution >= 4 is 5.69 Å². The van der Waals surface area contributed by atoms with Crippen molar-refractivity contribution in [2.45, 2.75) is 13.0 Å². The van der Waals surface area contributed by atoms with Crippen LogP contribution in [0.2, 0.25) is 0 Å². The standard InChI is InChI=1S/C9H11F2NO/c1-6(5-10)13-9-4-7(11)2-3-8(9)12/h2-4,6H,5,12H2,1H3/t6-/m0/s1. The van der Waals surface area contributed by atoms with Gasteiger partial charge in [-0.3, -0.25) is 0 Å². The number of alkyl halides is 1. The van der Waals surface area contributed by atoms with E-state index in [9.17, 15) is 8.78 Å². The lowest BCUT2D eigenvalue weighted by atomic mass is 10.3. The summed E-state index contributed by atoms with van der Waals surface area (Å²) in [6, 6.07) is 3.75. The fourth-order valence-electron chi connectivity index (χ4n) is 0.859. The predicted octanol–water partition coefficient (Wildman–Crippen LogP) is 2.14. The maximum absolute atomic E-state index is 12.7. The van der Waals surface area contributed by atoms with Gasteiger partial charge in [0.25, 0.3) is 0 Å². The number of nitrogen functional groups attached to an aromatic ring is 1. The maximum Gasteiger partial charge on any atom is 0.145 e. The second kappa shape index (κ2) is 4.07. The summed E-state index contributed by atoms with van der Waals surface area (Å²) in [4.78, 5) is 0. The van der Waals surface area contributed by atoms with Crippen LogP contribution in [-0.4, -0.2) is 12.8 Å². The molecule has 72 valence electrons. The van der Waals surface area contributed by atoms with Gasteiger partial charge in [-0.05, 0) is 19.1 Å². The van der Waals surface area contributed by atoms with E-state index in [1.54, 1.807) is 6.92 Å². The van der Waals surface area contributed by atoms with E-state index < -0.39 is 18.6 Å². The number of rotatable bonds is 3. The number of nitrogens with two attached hydrogens (primary N) is 1. The average Bonchev–Trinajstić information content (AvgIpc) is 2.11. The van der Waals surface area contributed by atoms with Gasteiger partial charge in [0.15, 0.2) is 0 Å². The number of benzene rings is 1. The van der Waals surface area contributed by atoms with Gasteiger partial charge in [0, 0.05) is 6.07 Å². The molecule has 0 heterocycles. The number of ether oxygens (including phenoxy) is 1. The number of anilines is 1. The molecular formula is C9H11F2NO. The summed E-state index contributed by atoms with van der Waals surface area (Å²) in [5.74, 6) is -0.264. The van der Waals surface area contributed by atoms with Crippen LogP contribution in [0.1, 0.15) is 6.92 Å². The van der Waals surface area contributed by atoms with Gasteiger partial charge in [-0.2, -0.15) is 0 Å². The van der Waals surface area contributed by atoms with Crippen LogP contribution < -0.4 is 10.5 Å². The number of hydrogen-bond donors (Lipinski definition) is 1. The minimum absolute atomic E-state index is 0.185. The highest BCUT2D eigenvalue weighted by Crippen LogP contribution is 2.23. The Hall–Kier alpha value is -1.32. The molecule has 1 rings (SSSR count). The molecule has 0 saturated carbocycles. The molecule has 0 radical (unpaired) electrons. The molecule has 0 saturated heterocycles. The van der Waals surface area contributed by atoms with E-state index in [1.807, 2.05) is 0 Å². The van der Waals surface area contributed by atoms with Gasteiger partial charge in [-0.15, -0.1) is 0 Å². The summed E-state index contributed by atoms with van der Waals surface area (Å²) in [5.41, 5.74) is 5.79. The van der Waals surface area contributed by atoms with Crippen LogP contribution in [-0.2, 0) is 0 Å². The van der Waals surface area contributed by atoms with Gasteiger partial charge in [-0.25, -0.2) is 8.78 Å². The molecule has 1 atom stereocenters. The van der Waals surface area contributed by atoms with E-state index in [0.717, 1.165) is 6.07 Å². The first-order valence-corrected chi connectivity index (χ1v) is 3.91. The molecule has 4 heteroatoms. The Morgan fingerprint density at radius 2 is 2.23 bits per heavy atom. The molecule has 0 aromatic heterocycles. The highest BCUT2D eigenvalue weighted by atomic mass is 19.1. The molecular weight excluding hydrogens is 176 g/mol. The van der Waals surface area contributed by atoms with Crippen molar-refractivity contribution < 1.29 is 13.5 Å². The Balaban J connectivity index is 2.81. The van der Waals surface area contributed by atoms with E-state index in [4.69, 9.17) is 10.5 Å². The van der Waals surface area contributed by atoms with Crippen LogP contribution in [0, 0.1) is 5.82 Å². The topological polar surface area (TPSA) is 35.2 Å². The third-order valence-corrected chi connectivity index (χ3v) is 1.52. The molecule has 0 aliphatic heterocycles. The summed E-state index contributed by atoms with van der Waals surface area (Å²) in [6.07, 6.45) is -0.607. The van der Waals surface area contributed by atoms with Gasteiger partial charge in [0.2, 0.25) is 0 Å². The monoisotopic (exact) mass is 187 g/mol. The van der Waals surface area contributed by atoms with Crippen LogP contribution in [0.25, 0.3) is 0 Å². The normalized spacial score (nSPS) is 12.5. The van der Waals surface area contributed by atoms with Crippen LogP contribution >= 0.6 is 0 Å². The minimum Gasteiger partial charge on any atom is -0.486 e. The van der Waals surface area contributed by atoms with E-state index in [0.29, 0.717) is 5.69 Å². The first kappa shape index (κ1) is 9.77. The second-order valence-electron chi connectivity index (χ2n) is 2.76. The van der Waals surface area contributed by atoms with Crippen molar-refractivity contribution in [1.82, 2.24) is 0 Å². The Labute approximate surface area is 75.3 Å². The molecule has 2 N–H and O–H groups in total. The molecule has 0 amide bonds. The van der Waals surface area contributed by atoms with Crippen molar-refractivity contribution in [2.75, 3.05) is 12.4 Å². The van der Waals surface area contributed by atoms with Crippen LogP contribution in [0.4, 0.5) is 14.5 Å². The van der Waals surface area contributed by atoms with Crippen molar-refractivity contribution in [2.24, 2.45) is 0 Å². The molecule has 2 nitrogen and oxygen atoms in total. The van der Waals surface area contributed by atoms with Gasteiger partial charge in [0.05, 0.1) is 5.69 Å². The quantitative estimate of drug-likeness (QED) is 0.736. The lowest BCUT2D eigenvalue weighted by molar-refractivity contribution is 0.182. The Kier molecular flexibility index (Phi) is 3.06. The number of hydrogen-bond acceptors (Lipinski definition) is 2. The number of halogens is 2. The van der Waals surface area contributed by atoms with E-state index in [1.165, 1.54) is 12.1 Å². The van der Waals surface area contributed by atoms with Crippen LogP contribution in [0.5, 0.6) is 5.75 Å². The van der Waals surface area contributed by atoms with Crippen molar-refractivity contribution in [3.05, 3.63) is 24.0 Å².